The molecule has 0 amide bonds. The van der Waals surface area contributed by atoms with Crippen LogP contribution in [0.15, 0.2) is 43.0 Å². The molecule has 4 aromatic rings. The van der Waals surface area contributed by atoms with Crippen LogP contribution >= 0.6 is 0 Å². The van der Waals surface area contributed by atoms with E-state index in [0.717, 1.165) is 59.4 Å². The average Bonchev–Trinajstić information content (AvgIpc) is 3.24. The minimum absolute atomic E-state index is 0.764. The van der Waals surface area contributed by atoms with Gasteiger partial charge in [0.05, 0.1) is 17.9 Å². The van der Waals surface area contributed by atoms with Gasteiger partial charge >= 0.3 is 0 Å². The van der Waals surface area contributed by atoms with E-state index in [1.807, 2.05) is 48.1 Å². The lowest BCUT2D eigenvalue weighted by Crippen LogP contribution is -2.31. The predicted octanol–water partition coefficient (Wildman–Crippen LogP) is 2.41. The topological polar surface area (TPSA) is 75.5 Å². The number of imidazole rings is 2. The van der Waals surface area contributed by atoms with Crippen molar-refractivity contribution in [2.24, 2.45) is 0 Å². The van der Waals surface area contributed by atoms with Crippen molar-refractivity contribution < 1.29 is 0 Å². The van der Waals surface area contributed by atoms with E-state index >= 15 is 0 Å². The van der Waals surface area contributed by atoms with E-state index in [1.165, 1.54) is 0 Å². The normalized spacial score (nSPS) is 14.0. The molecule has 1 aromatic carbocycles. The smallest absolute Gasteiger partial charge is 0.170 e. The Kier molecular flexibility index (Phi) is 3.06. The van der Waals surface area contributed by atoms with E-state index in [9.17, 15) is 0 Å². The third-order valence-electron chi connectivity index (χ3n) is 4.60. The summed E-state index contributed by atoms with van der Waals surface area (Å²) in [5.41, 5.74) is 5.01. The number of H-pyrrole nitrogens is 1. The van der Waals surface area contributed by atoms with Gasteiger partial charge in [0, 0.05) is 18.7 Å². The van der Waals surface area contributed by atoms with Gasteiger partial charge in [0.25, 0.3) is 0 Å². The van der Waals surface area contributed by atoms with E-state index in [2.05, 4.69) is 29.8 Å². The number of aromatic nitrogens is 6. The van der Waals surface area contributed by atoms with Crippen molar-refractivity contribution in [3.63, 3.8) is 0 Å². The first-order valence-corrected chi connectivity index (χ1v) is 8.32. The highest BCUT2D eigenvalue weighted by Gasteiger charge is 2.23. The Morgan fingerprint density at radius 1 is 1.08 bits per heavy atom. The number of hydrogen-bond acceptors (Lipinski definition) is 5. The molecule has 0 saturated carbocycles. The Morgan fingerprint density at radius 3 is 2.84 bits per heavy atom. The molecule has 0 bridgehead atoms. The van der Waals surface area contributed by atoms with Crippen molar-refractivity contribution in [3.05, 3.63) is 60.2 Å². The molecule has 1 N–H and O–H groups in total. The summed E-state index contributed by atoms with van der Waals surface area (Å²) in [5, 5.41) is 0. The van der Waals surface area contributed by atoms with Gasteiger partial charge in [-0.2, -0.15) is 0 Å². The third kappa shape index (κ3) is 2.27. The second-order valence-electron chi connectivity index (χ2n) is 6.24. The van der Waals surface area contributed by atoms with E-state index in [4.69, 9.17) is 0 Å². The first-order valence-electron chi connectivity index (χ1n) is 8.32. The van der Waals surface area contributed by atoms with Gasteiger partial charge in [0.15, 0.2) is 17.0 Å². The van der Waals surface area contributed by atoms with Crippen LogP contribution in [0.5, 0.6) is 0 Å². The maximum atomic E-state index is 4.60. The predicted molar refractivity (Wildman–Crippen MR) is 94.7 cm³/mol. The molecule has 0 aliphatic carbocycles. The van der Waals surface area contributed by atoms with Crippen molar-refractivity contribution in [3.8, 4) is 5.69 Å². The van der Waals surface area contributed by atoms with Crippen LogP contribution in [-0.2, 0) is 13.0 Å². The summed E-state index contributed by atoms with van der Waals surface area (Å²) in [5.74, 6) is 1.84. The molecule has 3 aromatic heterocycles. The van der Waals surface area contributed by atoms with Crippen LogP contribution in [0, 0.1) is 6.92 Å². The summed E-state index contributed by atoms with van der Waals surface area (Å²) < 4.78 is 2.00. The maximum absolute atomic E-state index is 4.60. The van der Waals surface area contributed by atoms with Crippen molar-refractivity contribution >= 4 is 17.0 Å². The molecule has 0 spiro atoms. The lowest BCUT2D eigenvalue weighted by Gasteiger charge is -2.27. The molecule has 0 radical (unpaired) electrons. The van der Waals surface area contributed by atoms with Crippen LogP contribution in [0.1, 0.15) is 17.2 Å². The molecule has 0 fully saturated rings. The van der Waals surface area contributed by atoms with Gasteiger partial charge in [-0.25, -0.2) is 19.9 Å². The molecule has 1 aliphatic rings. The Labute approximate surface area is 144 Å². The summed E-state index contributed by atoms with van der Waals surface area (Å²) in [6.07, 6.45) is 4.34. The lowest BCUT2D eigenvalue weighted by atomic mass is 10.1. The summed E-state index contributed by atoms with van der Waals surface area (Å²) in [7, 11) is 0. The molecule has 0 atom stereocenters. The quantitative estimate of drug-likeness (QED) is 0.610. The monoisotopic (exact) mass is 331 g/mol. The number of anilines is 1. The number of aryl methyl sites for hydroxylation is 1. The number of rotatable bonds is 2. The maximum Gasteiger partial charge on any atom is 0.170 e. The van der Waals surface area contributed by atoms with E-state index in [0.29, 0.717) is 0 Å². The summed E-state index contributed by atoms with van der Waals surface area (Å²) in [6.45, 7) is 3.63. The number of para-hydroxylation sites is 1. The Hall–Kier alpha value is -3.22. The molecule has 7 heteroatoms. The van der Waals surface area contributed by atoms with Crippen LogP contribution in [0.3, 0.4) is 0 Å². The SMILES string of the molecule is Cc1nc2c([nH]1)CN(c1ncnc3c1ncn3-c1ccccc1)CC2. The summed E-state index contributed by atoms with van der Waals surface area (Å²) >= 11 is 0. The third-order valence-corrected chi connectivity index (χ3v) is 4.60. The molecule has 124 valence electrons. The molecule has 0 unspecified atom stereocenters. The van der Waals surface area contributed by atoms with Crippen LogP contribution < -0.4 is 4.90 Å². The van der Waals surface area contributed by atoms with Crippen molar-refractivity contribution in [1.29, 1.82) is 0 Å². The number of aromatic amines is 1. The molecule has 25 heavy (non-hydrogen) atoms. The zero-order chi connectivity index (χ0) is 16.8. The molecular weight excluding hydrogens is 314 g/mol. The largest absolute Gasteiger partial charge is 0.348 e. The van der Waals surface area contributed by atoms with Gasteiger partial charge in [0.2, 0.25) is 0 Å². The van der Waals surface area contributed by atoms with Crippen LogP contribution in [0.2, 0.25) is 0 Å². The Morgan fingerprint density at radius 2 is 1.96 bits per heavy atom. The van der Waals surface area contributed by atoms with Gasteiger partial charge < -0.3 is 9.88 Å². The minimum atomic E-state index is 0.764. The lowest BCUT2D eigenvalue weighted by molar-refractivity contribution is 0.702. The average molecular weight is 331 g/mol. The van der Waals surface area contributed by atoms with Gasteiger partial charge in [-0.05, 0) is 19.1 Å². The summed E-state index contributed by atoms with van der Waals surface area (Å²) in [6, 6.07) is 10.1. The highest BCUT2D eigenvalue weighted by Crippen LogP contribution is 2.27. The fourth-order valence-electron chi connectivity index (χ4n) is 3.45. The van der Waals surface area contributed by atoms with Crippen molar-refractivity contribution in [1.82, 2.24) is 29.5 Å². The number of benzene rings is 1. The number of nitrogens with zero attached hydrogens (tertiary/aromatic N) is 6. The minimum Gasteiger partial charge on any atom is -0.348 e. The second-order valence-corrected chi connectivity index (χ2v) is 6.24. The highest BCUT2D eigenvalue weighted by molar-refractivity contribution is 5.84. The number of nitrogens with one attached hydrogen (secondary N) is 1. The van der Waals surface area contributed by atoms with Crippen molar-refractivity contribution in [2.75, 3.05) is 11.4 Å². The number of hydrogen-bond donors (Lipinski definition) is 1. The molecule has 1 aliphatic heterocycles. The van der Waals surface area contributed by atoms with Gasteiger partial charge in [0.1, 0.15) is 18.5 Å². The van der Waals surface area contributed by atoms with E-state index in [1.54, 1.807) is 6.33 Å². The van der Waals surface area contributed by atoms with Gasteiger partial charge in [-0.15, -0.1) is 0 Å². The van der Waals surface area contributed by atoms with E-state index < -0.39 is 0 Å². The molecule has 0 saturated heterocycles. The van der Waals surface area contributed by atoms with Crippen LogP contribution in [0.25, 0.3) is 16.9 Å². The molecule has 7 nitrogen and oxygen atoms in total. The Bertz CT molecular complexity index is 1050. The first-order chi connectivity index (χ1) is 12.3. The molecule has 4 heterocycles. The van der Waals surface area contributed by atoms with Crippen molar-refractivity contribution in [2.45, 2.75) is 19.9 Å². The highest BCUT2D eigenvalue weighted by atomic mass is 15.2. The fraction of sp³-hybridized carbons (Fsp3) is 0.222. The zero-order valence-corrected chi connectivity index (χ0v) is 13.8. The van der Waals surface area contributed by atoms with Crippen LogP contribution in [-0.4, -0.2) is 36.0 Å². The first kappa shape index (κ1) is 14.2. The molecular formula is C18H17N7. The van der Waals surface area contributed by atoms with Gasteiger partial charge in [-0.1, -0.05) is 18.2 Å². The Balaban J connectivity index is 1.58. The van der Waals surface area contributed by atoms with E-state index in [-0.39, 0.29) is 0 Å². The fourth-order valence-corrected chi connectivity index (χ4v) is 3.45. The van der Waals surface area contributed by atoms with Crippen LogP contribution in [0.4, 0.5) is 5.82 Å². The summed E-state index contributed by atoms with van der Waals surface area (Å²) in [4.78, 5) is 23.7. The molecule has 5 rings (SSSR count). The zero-order valence-electron chi connectivity index (χ0n) is 13.8. The standard InChI is InChI=1S/C18H17N7/c1-12-22-14-7-8-24(9-15(14)23-12)17-16-18(20-10-19-17)25(11-21-16)13-5-3-2-4-6-13/h2-6,10-11H,7-9H2,1H3,(H,22,23). The second kappa shape index (κ2) is 5.41. The van der Waals surface area contributed by atoms with Gasteiger partial charge in [-0.3, -0.25) is 4.57 Å². The number of fused-ring (bicyclic) bond motifs is 2.